The number of amides is 1. The van der Waals surface area contributed by atoms with E-state index in [0.717, 1.165) is 0 Å². The Morgan fingerprint density at radius 2 is 2.38 bits per heavy atom. The van der Waals surface area contributed by atoms with Crippen LogP contribution >= 0.6 is 0 Å². The lowest BCUT2D eigenvalue weighted by atomic mass is 10.4. The molecule has 0 saturated heterocycles. The number of nitrogen functional groups attached to an aromatic ring is 1. The summed E-state index contributed by atoms with van der Waals surface area (Å²) in [7, 11) is 3.43. The highest BCUT2D eigenvalue weighted by Crippen LogP contribution is 1.94. The third-order valence-corrected chi connectivity index (χ3v) is 1.58. The van der Waals surface area contributed by atoms with Gasteiger partial charge in [-0.3, -0.25) is 4.79 Å². The van der Waals surface area contributed by atoms with Gasteiger partial charge in [-0.1, -0.05) is 0 Å². The van der Waals surface area contributed by atoms with Gasteiger partial charge < -0.3 is 10.6 Å². The lowest BCUT2D eigenvalue weighted by molar-refractivity contribution is -0.129. The predicted molar refractivity (Wildman–Crippen MR) is 47.7 cm³/mol. The zero-order valence-corrected chi connectivity index (χ0v) is 7.77. The summed E-state index contributed by atoms with van der Waals surface area (Å²) in [6.45, 7) is 0.466. The normalized spacial score (nSPS) is 10.0. The van der Waals surface area contributed by atoms with Crippen molar-refractivity contribution in [1.29, 1.82) is 0 Å². The van der Waals surface area contributed by atoms with Crippen LogP contribution in [-0.2, 0) is 11.3 Å². The van der Waals surface area contributed by atoms with Gasteiger partial charge in [-0.05, 0) is 0 Å². The van der Waals surface area contributed by atoms with Gasteiger partial charge in [-0.2, -0.15) is 9.90 Å². The molecular weight excluding hydrogens is 170 g/mol. The summed E-state index contributed by atoms with van der Waals surface area (Å²) in [5.74, 6) is 0.424. The lowest BCUT2D eigenvalue weighted by Crippen LogP contribution is -2.23. The van der Waals surface area contributed by atoms with Crippen molar-refractivity contribution < 1.29 is 4.79 Å². The molecule has 0 saturated carbocycles. The van der Waals surface area contributed by atoms with E-state index >= 15 is 0 Å². The summed E-state index contributed by atoms with van der Waals surface area (Å²) in [5.41, 5.74) is 5.35. The molecule has 1 amide bonds. The van der Waals surface area contributed by atoms with E-state index < -0.39 is 0 Å². The number of hydrogen-bond donors (Lipinski definition) is 1. The van der Waals surface area contributed by atoms with Crippen LogP contribution in [0.1, 0.15) is 6.42 Å². The van der Waals surface area contributed by atoms with Crippen LogP contribution in [0.15, 0.2) is 6.20 Å². The fraction of sp³-hybridized carbons (Fsp3) is 0.571. The van der Waals surface area contributed by atoms with Crippen molar-refractivity contribution in [3.05, 3.63) is 6.20 Å². The fourth-order valence-electron chi connectivity index (χ4n) is 0.838. The molecule has 0 bridgehead atoms. The summed E-state index contributed by atoms with van der Waals surface area (Å²) in [5, 5.41) is 7.71. The van der Waals surface area contributed by atoms with Gasteiger partial charge in [0.25, 0.3) is 0 Å². The predicted octanol–water partition coefficient (Wildman–Crippen LogP) is -0.661. The van der Waals surface area contributed by atoms with Crippen LogP contribution in [0.5, 0.6) is 0 Å². The zero-order chi connectivity index (χ0) is 9.84. The Morgan fingerprint density at radius 3 is 2.85 bits per heavy atom. The van der Waals surface area contributed by atoms with E-state index in [1.54, 1.807) is 14.1 Å². The molecule has 0 radical (unpaired) electrons. The lowest BCUT2D eigenvalue weighted by Gasteiger charge is -2.08. The molecule has 0 fully saturated rings. The molecule has 13 heavy (non-hydrogen) atoms. The molecule has 6 nitrogen and oxygen atoms in total. The summed E-state index contributed by atoms with van der Waals surface area (Å²) in [6.07, 6.45) is 1.85. The van der Waals surface area contributed by atoms with Crippen LogP contribution in [0.4, 0.5) is 5.82 Å². The van der Waals surface area contributed by atoms with Crippen LogP contribution in [0.25, 0.3) is 0 Å². The second kappa shape index (κ2) is 3.88. The third kappa shape index (κ3) is 2.73. The molecule has 0 aromatic carbocycles. The summed E-state index contributed by atoms with van der Waals surface area (Å²) in [6, 6.07) is 0. The number of anilines is 1. The minimum Gasteiger partial charge on any atom is -0.381 e. The molecule has 1 heterocycles. The first-order chi connectivity index (χ1) is 6.09. The van der Waals surface area contributed by atoms with Gasteiger partial charge in [-0.15, -0.1) is 5.10 Å². The number of rotatable bonds is 3. The largest absolute Gasteiger partial charge is 0.381 e. The van der Waals surface area contributed by atoms with E-state index in [2.05, 4.69) is 10.2 Å². The van der Waals surface area contributed by atoms with Gasteiger partial charge in [-0.25, -0.2) is 0 Å². The number of nitrogens with two attached hydrogens (primary N) is 1. The van der Waals surface area contributed by atoms with Crippen molar-refractivity contribution in [2.75, 3.05) is 19.8 Å². The Hall–Kier alpha value is -1.59. The number of carbonyl (C=O) groups excluding carboxylic acids is 1. The van der Waals surface area contributed by atoms with E-state index in [0.29, 0.717) is 18.8 Å². The highest BCUT2D eigenvalue weighted by molar-refractivity contribution is 5.75. The van der Waals surface area contributed by atoms with Crippen molar-refractivity contribution in [2.45, 2.75) is 13.0 Å². The Labute approximate surface area is 76.3 Å². The second-order valence-electron chi connectivity index (χ2n) is 2.90. The third-order valence-electron chi connectivity index (χ3n) is 1.58. The Kier molecular flexibility index (Phi) is 2.84. The quantitative estimate of drug-likeness (QED) is 0.674. The maximum atomic E-state index is 11.1. The molecule has 0 unspecified atom stereocenters. The van der Waals surface area contributed by atoms with Crippen LogP contribution in [0.2, 0.25) is 0 Å². The highest BCUT2D eigenvalue weighted by atomic mass is 16.2. The molecule has 0 aliphatic rings. The van der Waals surface area contributed by atoms with Gasteiger partial charge >= 0.3 is 0 Å². The molecular formula is C7H13N5O. The van der Waals surface area contributed by atoms with Crippen LogP contribution in [0, 0.1) is 0 Å². The molecule has 0 atom stereocenters. The molecule has 0 aliphatic carbocycles. The molecule has 0 aliphatic heterocycles. The van der Waals surface area contributed by atoms with Crippen LogP contribution in [-0.4, -0.2) is 39.9 Å². The summed E-state index contributed by atoms with van der Waals surface area (Å²) >= 11 is 0. The maximum absolute atomic E-state index is 11.1. The number of carbonyl (C=O) groups is 1. The molecule has 1 rings (SSSR count). The minimum absolute atomic E-state index is 0.0517. The van der Waals surface area contributed by atoms with Gasteiger partial charge in [0.1, 0.15) is 0 Å². The van der Waals surface area contributed by atoms with Crippen molar-refractivity contribution in [3.8, 4) is 0 Å². The van der Waals surface area contributed by atoms with Gasteiger partial charge in [0.15, 0.2) is 5.82 Å². The first kappa shape index (κ1) is 9.50. The second-order valence-corrected chi connectivity index (χ2v) is 2.90. The Balaban J connectivity index is 2.39. The molecule has 2 N–H and O–H groups in total. The Bertz CT molecular complexity index is 293. The SMILES string of the molecule is CN(C)C(=O)CCn1ncc(N)n1. The van der Waals surface area contributed by atoms with E-state index in [4.69, 9.17) is 5.73 Å². The van der Waals surface area contributed by atoms with Crippen LogP contribution < -0.4 is 5.73 Å². The molecule has 0 spiro atoms. The van der Waals surface area contributed by atoms with Crippen LogP contribution in [0.3, 0.4) is 0 Å². The highest BCUT2D eigenvalue weighted by Gasteiger charge is 2.04. The van der Waals surface area contributed by atoms with Gasteiger partial charge in [0.05, 0.1) is 12.7 Å². The molecule has 6 heteroatoms. The molecule has 1 aromatic heterocycles. The standard InChI is InChI=1S/C7H13N5O/c1-11(2)7(13)3-4-12-9-5-6(8)10-12/h5H,3-4H2,1-2H3,(H2,8,10). The number of hydrogen-bond acceptors (Lipinski definition) is 4. The topological polar surface area (TPSA) is 77.0 Å². The Morgan fingerprint density at radius 1 is 1.69 bits per heavy atom. The minimum atomic E-state index is 0.0517. The number of aryl methyl sites for hydroxylation is 1. The van der Waals surface area contributed by atoms with E-state index in [1.165, 1.54) is 15.9 Å². The molecule has 72 valence electrons. The van der Waals surface area contributed by atoms with Gasteiger partial charge in [0, 0.05) is 20.5 Å². The van der Waals surface area contributed by atoms with E-state index in [9.17, 15) is 4.79 Å². The zero-order valence-electron chi connectivity index (χ0n) is 7.77. The summed E-state index contributed by atoms with van der Waals surface area (Å²) < 4.78 is 0. The smallest absolute Gasteiger partial charge is 0.223 e. The summed E-state index contributed by atoms with van der Waals surface area (Å²) in [4.78, 5) is 14.1. The average Bonchev–Trinajstić information content (AvgIpc) is 2.47. The van der Waals surface area contributed by atoms with Crippen molar-refractivity contribution in [3.63, 3.8) is 0 Å². The number of aromatic nitrogens is 3. The molecule has 1 aromatic rings. The monoisotopic (exact) mass is 183 g/mol. The first-order valence-electron chi connectivity index (χ1n) is 3.95. The number of nitrogens with zero attached hydrogens (tertiary/aromatic N) is 4. The average molecular weight is 183 g/mol. The van der Waals surface area contributed by atoms with Crippen molar-refractivity contribution >= 4 is 11.7 Å². The van der Waals surface area contributed by atoms with Crippen molar-refractivity contribution in [1.82, 2.24) is 19.9 Å². The van der Waals surface area contributed by atoms with Crippen molar-refractivity contribution in [2.24, 2.45) is 0 Å². The van der Waals surface area contributed by atoms with E-state index in [1.807, 2.05) is 0 Å². The maximum Gasteiger partial charge on any atom is 0.223 e. The first-order valence-corrected chi connectivity index (χ1v) is 3.95. The van der Waals surface area contributed by atoms with Gasteiger partial charge in [0.2, 0.25) is 5.91 Å². The van der Waals surface area contributed by atoms with E-state index in [-0.39, 0.29) is 5.91 Å². The fourth-order valence-corrected chi connectivity index (χ4v) is 0.838.